The maximum absolute atomic E-state index is 9.70. The van der Waals surface area contributed by atoms with Crippen LogP contribution in [0.2, 0.25) is 5.02 Å². The van der Waals surface area contributed by atoms with Crippen LogP contribution in [0.4, 0.5) is 0 Å². The summed E-state index contributed by atoms with van der Waals surface area (Å²) in [6, 6.07) is 14.5. The largest absolute Gasteiger partial charge is 0.507 e. The van der Waals surface area contributed by atoms with E-state index in [1.165, 1.54) is 11.8 Å². The van der Waals surface area contributed by atoms with E-state index in [0.29, 0.717) is 22.5 Å². The fourth-order valence-electron chi connectivity index (χ4n) is 1.78. The first-order chi connectivity index (χ1) is 10.2. The number of para-hydroxylation sites is 1. The molecule has 4 nitrogen and oxygen atoms in total. The summed E-state index contributed by atoms with van der Waals surface area (Å²) < 4.78 is 5.21. The Morgan fingerprint density at radius 2 is 1.86 bits per heavy atom. The third-order valence-electron chi connectivity index (χ3n) is 2.80. The van der Waals surface area contributed by atoms with Crippen molar-refractivity contribution in [1.29, 1.82) is 0 Å². The zero-order valence-electron chi connectivity index (χ0n) is 10.9. The van der Waals surface area contributed by atoms with E-state index in [1.807, 2.05) is 30.3 Å². The van der Waals surface area contributed by atoms with Crippen LogP contribution in [0.3, 0.4) is 0 Å². The SMILES string of the molecule is Oc1ccccc1SCc1nc(-c2ccccc2Cl)no1. The van der Waals surface area contributed by atoms with Gasteiger partial charge >= 0.3 is 0 Å². The molecule has 0 aliphatic rings. The standard InChI is InChI=1S/C15H11ClN2O2S/c16-11-6-2-1-5-10(11)15-17-14(20-18-15)9-21-13-8-4-3-7-12(13)19/h1-8,19H,9H2. The van der Waals surface area contributed by atoms with Gasteiger partial charge in [0.25, 0.3) is 0 Å². The van der Waals surface area contributed by atoms with Crippen LogP contribution >= 0.6 is 23.4 Å². The molecular weight excluding hydrogens is 308 g/mol. The van der Waals surface area contributed by atoms with Crippen molar-refractivity contribution in [3.8, 4) is 17.1 Å². The molecule has 0 bridgehead atoms. The number of phenolic OH excluding ortho intramolecular Hbond substituents is 1. The number of aromatic nitrogens is 2. The lowest BCUT2D eigenvalue weighted by Crippen LogP contribution is -1.84. The summed E-state index contributed by atoms with van der Waals surface area (Å²) in [5.74, 6) is 1.68. The molecule has 21 heavy (non-hydrogen) atoms. The maximum Gasteiger partial charge on any atom is 0.237 e. The molecule has 3 aromatic rings. The highest BCUT2D eigenvalue weighted by atomic mass is 35.5. The highest BCUT2D eigenvalue weighted by molar-refractivity contribution is 7.98. The molecule has 2 aromatic carbocycles. The number of halogens is 1. The molecule has 0 aliphatic heterocycles. The molecule has 1 heterocycles. The predicted molar refractivity (Wildman–Crippen MR) is 82.4 cm³/mol. The number of rotatable bonds is 4. The van der Waals surface area contributed by atoms with Crippen LogP contribution in [-0.4, -0.2) is 15.2 Å². The minimum Gasteiger partial charge on any atom is -0.507 e. The summed E-state index contributed by atoms with van der Waals surface area (Å²) in [5.41, 5.74) is 0.738. The van der Waals surface area contributed by atoms with E-state index in [0.717, 1.165) is 10.5 Å². The molecule has 1 aromatic heterocycles. The summed E-state index contributed by atoms with van der Waals surface area (Å²) in [7, 11) is 0. The van der Waals surface area contributed by atoms with Gasteiger partial charge in [0.2, 0.25) is 11.7 Å². The first kappa shape index (κ1) is 14.0. The topological polar surface area (TPSA) is 59.2 Å². The maximum atomic E-state index is 9.70. The van der Waals surface area contributed by atoms with Crippen LogP contribution in [0, 0.1) is 0 Å². The second kappa shape index (κ2) is 6.20. The predicted octanol–water partition coefficient (Wildman–Crippen LogP) is 4.39. The number of phenols is 1. The molecule has 3 rings (SSSR count). The molecule has 6 heteroatoms. The molecule has 0 atom stereocenters. The third-order valence-corrected chi connectivity index (χ3v) is 4.18. The Morgan fingerprint density at radius 1 is 1.10 bits per heavy atom. The van der Waals surface area contributed by atoms with Crippen molar-refractivity contribution >= 4 is 23.4 Å². The summed E-state index contributed by atoms with van der Waals surface area (Å²) >= 11 is 7.54. The quantitative estimate of drug-likeness (QED) is 0.723. The van der Waals surface area contributed by atoms with Gasteiger partial charge in [-0.2, -0.15) is 4.98 Å². The Kier molecular flexibility index (Phi) is 4.13. The number of nitrogens with zero attached hydrogens (tertiary/aromatic N) is 2. The second-order valence-corrected chi connectivity index (χ2v) is 5.67. The molecule has 0 saturated heterocycles. The number of hydrogen-bond acceptors (Lipinski definition) is 5. The fraction of sp³-hybridized carbons (Fsp3) is 0.0667. The van der Waals surface area contributed by atoms with Gasteiger partial charge < -0.3 is 9.63 Å². The fourth-order valence-corrected chi connectivity index (χ4v) is 2.79. The van der Waals surface area contributed by atoms with E-state index >= 15 is 0 Å². The van der Waals surface area contributed by atoms with Crippen molar-refractivity contribution in [2.24, 2.45) is 0 Å². The van der Waals surface area contributed by atoms with Crippen LogP contribution in [-0.2, 0) is 5.75 Å². The van der Waals surface area contributed by atoms with E-state index in [2.05, 4.69) is 10.1 Å². The van der Waals surface area contributed by atoms with Gasteiger partial charge in [-0.25, -0.2) is 0 Å². The zero-order valence-corrected chi connectivity index (χ0v) is 12.4. The minimum absolute atomic E-state index is 0.244. The van der Waals surface area contributed by atoms with E-state index < -0.39 is 0 Å². The van der Waals surface area contributed by atoms with Crippen LogP contribution in [0.1, 0.15) is 5.89 Å². The summed E-state index contributed by atoms with van der Waals surface area (Å²) in [4.78, 5) is 5.09. The molecule has 106 valence electrons. The molecule has 0 unspecified atom stereocenters. The lowest BCUT2D eigenvalue weighted by Gasteiger charge is -2.00. The van der Waals surface area contributed by atoms with Crippen molar-refractivity contribution in [1.82, 2.24) is 10.1 Å². The Labute approximate surface area is 130 Å². The number of aromatic hydroxyl groups is 1. The van der Waals surface area contributed by atoms with Crippen molar-refractivity contribution in [2.75, 3.05) is 0 Å². The minimum atomic E-state index is 0.244. The van der Waals surface area contributed by atoms with Gasteiger partial charge in [0.1, 0.15) is 5.75 Å². The number of thioether (sulfide) groups is 1. The molecular formula is C15H11ClN2O2S. The van der Waals surface area contributed by atoms with Crippen LogP contribution in [0.15, 0.2) is 57.9 Å². The first-order valence-corrected chi connectivity index (χ1v) is 7.58. The summed E-state index contributed by atoms with van der Waals surface area (Å²) in [6.07, 6.45) is 0. The molecule has 1 N–H and O–H groups in total. The highest BCUT2D eigenvalue weighted by Gasteiger charge is 2.12. The van der Waals surface area contributed by atoms with Crippen molar-refractivity contribution < 1.29 is 9.63 Å². The van der Waals surface area contributed by atoms with Crippen LogP contribution < -0.4 is 0 Å². The second-order valence-electron chi connectivity index (χ2n) is 4.25. The first-order valence-electron chi connectivity index (χ1n) is 6.22. The average molecular weight is 319 g/mol. The van der Waals surface area contributed by atoms with E-state index in [-0.39, 0.29) is 5.75 Å². The Bertz CT molecular complexity index is 761. The smallest absolute Gasteiger partial charge is 0.237 e. The van der Waals surface area contributed by atoms with Gasteiger partial charge in [-0.3, -0.25) is 0 Å². The molecule has 0 aliphatic carbocycles. The zero-order chi connectivity index (χ0) is 14.7. The molecule has 0 saturated carbocycles. The Morgan fingerprint density at radius 3 is 2.67 bits per heavy atom. The summed E-state index contributed by atoms with van der Waals surface area (Å²) in [6.45, 7) is 0. The lowest BCUT2D eigenvalue weighted by atomic mass is 10.2. The van der Waals surface area contributed by atoms with E-state index in [1.54, 1.807) is 18.2 Å². The van der Waals surface area contributed by atoms with Gasteiger partial charge in [0.15, 0.2) is 0 Å². The molecule has 0 radical (unpaired) electrons. The van der Waals surface area contributed by atoms with Gasteiger partial charge in [0, 0.05) is 10.5 Å². The van der Waals surface area contributed by atoms with Crippen molar-refractivity contribution in [3.63, 3.8) is 0 Å². The van der Waals surface area contributed by atoms with Gasteiger partial charge in [-0.05, 0) is 24.3 Å². The lowest BCUT2D eigenvalue weighted by molar-refractivity contribution is 0.391. The normalized spacial score (nSPS) is 10.7. The Hall–Kier alpha value is -1.98. The number of benzene rings is 2. The molecule has 0 fully saturated rings. The average Bonchev–Trinajstić information content (AvgIpc) is 2.96. The van der Waals surface area contributed by atoms with Gasteiger partial charge in [-0.15, -0.1) is 11.8 Å². The van der Waals surface area contributed by atoms with Crippen LogP contribution in [0.5, 0.6) is 5.75 Å². The van der Waals surface area contributed by atoms with Crippen molar-refractivity contribution in [3.05, 3.63) is 59.4 Å². The monoisotopic (exact) mass is 318 g/mol. The number of hydrogen-bond donors (Lipinski definition) is 1. The van der Waals surface area contributed by atoms with E-state index in [9.17, 15) is 5.11 Å². The summed E-state index contributed by atoms with van der Waals surface area (Å²) in [5, 5.41) is 14.2. The van der Waals surface area contributed by atoms with Gasteiger partial charge in [0.05, 0.1) is 10.8 Å². The molecule has 0 spiro atoms. The highest BCUT2D eigenvalue weighted by Crippen LogP contribution is 2.31. The van der Waals surface area contributed by atoms with Crippen LogP contribution in [0.25, 0.3) is 11.4 Å². The van der Waals surface area contributed by atoms with Crippen molar-refractivity contribution in [2.45, 2.75) is 10.6 Å². The van der Waals surface area contributed by atoms with E-state index in [4.69, 9.17) is 16.1 Å². The Balaban J connectivity index is 1.74. The molecule has 0 amide bonds. The third kappa shape index (κ3) is 3.20. The van der Waals surface area contributed by atoms with Gasteiger partial charge in [-0.1, -0.05) is 41.0 Å².